The highest BCUT2D eigenvalue weighted by molar-refractivity contribution is 6.42. The third-order valence-corrected chi connectivity index (χ3v) is 3.73. The van der Waals surface area contributed by atoms with Crippen LogP contribution in [-0.4, -0.2) is 16.7 Å². The fourth-order valence-corrected chi connectivity index (χ4v) is 2.19. The van der Waals surface area contributed by atoms with Crippen molar-refractivity contribution in [2.24, 2.45) is 5.92 Å². The van der Waals surface area contributed by atoms with Crippen LogP contribution in [0.5, 0.6) is 0 Å². The molecular weight excluding hydrogens is 337 g/mol. The van der Waals surface area contributed by atoms with E-state index in [1.807, 2.05) is 0 Å². The first-order valence-electron chi connectivity index (χ1n) is 6.59. The molecule has 1 heterocycles. The van der Waals surface area contributed by atoms with Gasteiger partial charge in [0.2, 0.25) is 0 Å². The molecule has 0 saturated carbocycles. The number of benzene rings is 1. The van der Waals surface area contributed by atoms with E-state index in [2.05, 4.69) is 10.3 Å². The molecule has 116 valence electrons. The summed E-state index contributed by atoms with van der Waals surface area (Å²) in [5.41, 5.74) is 0.579. The molecule has 2 rings (SSSR count). The van der Waals surface area contributed by atoms with Crippen LogP contribution in [0.2, 0.25) is 10.0 Å². The van der Waals surface area contributed by atoms with Crippen LogP contribution in [-0.2, 0) is 16.0 Å². The Bertz CT molecular complexity index is 773. The van der Waals surface area contributed by atoms with Gasteiger partial charge in [0.05, 0.1) is 16.1 Å². The number of carbonyl (C=O) groups is 2. The number of nitrogens with one attached hydrogen (secondary N) is 1. The highest BCUT2D eigenvalue weighted by Gasteiger charge is 2.26. The van der Waals surface area contributed by atoms with Crippen molar-refractivity contribution >= 4 is 40.7 Å². The molecule has 0 unspecified atom stereocenters. The van der Waals surface area contributed by atoms with Crippen LogP contribution in [0.1, 0.15) is 5.56 Å². The van der Waals surface area contributed by atoms with Gasteiger partial charge in [-0.25, -0.2) is 4.98 Å². The minimum atomic E-state index is -1.42. The van der Waals surface area contributed by atoms with Gasteiger partial charge in [0, 0.05) is 12.6 Å². The van der Waals surface area contributed by atoms with Crippen molar-refractivity contribution in [2.75, 3.05) is 5.32 Å². The normalized spacial score (nSPS) is 11.3. The van der Waals surface area contributed by atoms with Gasteiger partial charge in [0.25, 0.3) is 5.91 Å². The van der Waals surface area contributed by atoms with E-state index < -0.39 is 17.6 Å². The van der Waals surface area contributed by atoms with Gasteiger partial charge in [-0.2, -0.15) is 5.26 Å². The Morgan fingerprint density at radius 2 is 2.00 bits per heavy atom. The summed E-state index contributed by atoms with van der Waals surface area (Å²) < 4.78 is 0. The first-order chi connectivity index (χ1) is 11.0. The minimum Gasteiger partial charge on any atom is -0.309 e. The summed E-state index contributed by atoms with van der Waals surface area (Å²) in [6.07, 6.45) is 1.40. The Labute approximate surface area is 142 Å². The van der Waals surface area contributed by atoms with E-state index >= 15 is 0 Å². The molecule has 7 heteroatoms. The lowest BCUT2D eigenvalue weighted by atomic mass is 9.98. The number of Topliss-reactive ketones (excluding diaryl/α,β-unsaturated/α-hetero) is 1. The van der Waals surface area contributed by atoms with Crippen molar-refractivity contribution in [3.05, 3.63) is 58.2 Å². The molecule has 23 heavy (non-hydrogen) atoms. The molecule has 5 nitrogen and oxygen atoms in total. The number of nitriles is 1. The van der Waals surface area contributed by atoms with Crippen LogP contribution in [0.15, 0.2) is 42.6 Å². The Balaban J connectivity index is 2.07. The molecule has 0 spiro atoms. The summed E-state index contributed by atoms with van der Waals surface area (Å²) in [6, 6.07) is 11.4. The van der Waals surface area contributed by atoms with Crippen LogP contribution in [0.3, 0.4) is 0 Å². The summed E-state index contributed by atoms with van der Waals surface area (Å²) in [7, 11) is 0. The molecule has 0 aliphatic carbocycles. The molecule has 0 bridgehead atoms. The van der Waals surface area contributed by atoms with E-state index in [0.29, 0.717) is 15.6 Å². The zero-order valence-corrected chi connectivity index (χ0v) is 13.3. The number of ketones is 1. The SMILES string of the molecule is N#C[C@@H](C(=O)Cc1ccc(Cl)c(Cl)c1)C(=O)Nc1ccccn1. The first-order valence-corrected chi connectivity index (χ1v) is 7.35. The number of hydrogen-bond acceptors (Lipinski definition) is 4. The van der Waals surface area contributed by atoms with Gasteiger partial charge in [-0.15, -0.1) is 0 Å². The van der Waals surface area contributed by atoms with Crippen LogP contribution in [0.4, 0.5) is 5.82 Å². The van der Waals surface area contributed by atoms with Gasteiger partial charge in [0.15, 0.2) is 11.7 Å². The number of hydrogen-bond donors (Lipinski definition) is 1. The Kier molecular flexibility index (Phi) is 5.69. The highest BCUT2D eigenvalue weighted by atomic mass is 35.5. The number of aromatic nitrogens is 1. The lowest BCUT2D eigenvalue weighted by molar-refractivity contribution is -0.128. The fraction of sp³-hybridized carbons (Fsp3) is 0.125. The second-order valence-electron chi connectivity index (χ2n) is 4.66. The number of anilines is 1. The van der Waals surface area contributed by atoms with Crippen molar-refractivity contribution in [1.29, 1.82) is 5.26 Å². The second kappa shape index (κ2) is 7.73. The van der Waals surface area contributed by atoms with Crippen LogP contribution in [0, 0.1) is 17.2 Å². The Morgan fingerprint density at radius 3 is 2.61 bits per heavy atom. The van der Waals surface area contributed by atoms with Gasteiger partial charge in [-0.05, 0) is 29.8 Å². The summed E-state index contributed by atoms with van der Waals surface area (Å²) in [5.74, 6) is -2.39. The van der Waals surface area contributed by atoms with Gasteiger partial charge >= 0.3 is 0 Å². The minimum absolute atomic E-state index is 0.0925. The molecule has 2 aromatic rings. The number of pyridine rings is 1. The Morgan fingerprint density at radius 1 is 1.22 bits per heavy atom. The predicted molar refractivity (Wildman–Crippen MR) is 87.1 cm³/mol. The summed E-state index contributed by atoms with van der Waals surface area (Å²) in [5, 5.41) is 12.2. The number of amides is 1. The van der Waals surface area contributed by atoms with Crippen LogP contribution in [0.25, 0.3) is 0 Å². The van der Waals surface area contributed by atoms with Crippen molar-refractivity contribution in [1.82, 2.24) is 4.98 Å². The molecule has 0 aliphatic rings. The van der Waals surface area contributed by atoms with E-state index in [9.17, 15) is 9.59 Å². The fourth-order valence-electron chi connectivity index (χ4n) is 1.86. The van der Waals surface area contributed by atoms with Gasteiger partial charge < -0.3 is 5.32 Å². The molecule has 1 aromatic heterocycles. The molecule has 0 radical (unpaired) electrons. The maximum absolute atomic E-state index is 12.2. The lowest BCUT2D eigenvalue weighted by Gasteiger charge is -2.09. The summed E-state index contributed by atoms with van der Waals surface area (Å²) >= 11 is 11.7. The third kappa shape index (κ3) is 4.52. The molecule has 1 amide bonds. The number of halogens is 2. The predicted octanol–water partition coefficient (Wildman–Crippen LogP) is 3.28. The quantitative estimate of drug-likeness (QED) is 0.841. The van der Waals surface area contributed by atoms with Gasteiger partial charge in [-0.1, -0.05) is 35.3 Å². The second-order valence-corrected chi connectivity index (χ2v) is 5.47. The smallest absolute Gasteiger partial charge is 0.250 e. The number of nitrogens with zero attached hydrogens (tertiary/aromatic N) is 2. The van der Waals surface area contributed by atoms with E-state index in [-0.39, 0.29) is 12.2 Å². The van der Waals surface area contributed by atoms with E-state index in [1.54, 1.807) is 36.4 Å². The Hall–Kier alpha value is -2.42. The van der Waals surface area contributed by atoms with Crippen LogP contribution >= 0.6 is 23.2 Å². The average molecular weight is 348 g/mol. The molecule has 1 aromatic carbocycles. The van der Waals surface area contributed by atoms with Crippen molar-refractivity contribution in [3.8, 4) is 6.07 Å². The highest BCUT2D eigenvalue weighted by Crippen LogP contribution is 2.23. The maximum Gasteiger partial charge on any atom is 0.250 e. The van der Waals surface area contributed by atoms with E-state index in [0.717, 1.165) is 0 Å². The number of rotatable bonds is 5. The largest absolute Gasteiger partial charge is 0.309 e. The lowest BCUT2D eigenvalue weighted by Crippen LogP contribution is -2.30. The topological polar surface area (TPSA) is 82.8 Å². The zero-order valence-electron chi connectivity index (χ0n) is 11.8. The maximum atomic E-state index is 12.2. The van der Waals surface area contributed by atoms with Crippen LogP contribution < -0.4 is 5.32 Å². The van der Waals surface area contributed by atoms with Gasteiger partial charge in [0.1, 0.15) is 5.82 Å². The molecule has 1 N–H and O–H groups in total. The van der Waals surface area contributed by atoms with Crippen molar-refractivity contribution < 1.29 is 9.59 Å². The first kappa shape index (κ1) is 16.9. The summed E-state index contributed by atoms with van der Waals surface area (Å²) in [6.45, 7) is 0. The van der Waals surface area contributed by atoms with Gasteiger partial charge in [-0.3, -0.25) is 9.59 Å². The molecule has 1 atom stereocenters. The van der Waals surface area contributed by atoms with Crippen molar-refractivity contribution in [2.45, 2.75) is 6.42 Å². The summed E-state index contributed by atoms with van der Waals surface area (Å²) in [4.78, 5) is 28.2. The molecular formula is C16H11Cl2N3O2. The van der Waals surface area contributed by atoms with Crippen molar-refractivity contribution in [3.63, 3.8) is 0 Å². The molecule has 0 aliphatic heterocycles. The molecule has 0 saturated heterocycles. The third-order valence-electron chi connectivity index (χ3n) is 2.99. The van der Waals surface area contributed by atoms with E-state index in [4.69, 9.17) is 28.5 Å². The number of carbonyl (C=O) groups excluding carboxylic acids is 2. The standard InChI is InChI=1S/C16H11Cl2N3O2/c17-12-5-4-10(7-13(12)18)8-14(22)11(9-19)16(23)21-15-3-1-2-6-20-15/h1-7,11H,8H2,(H,20,21,23)/t11-/m0/s1. The zero-order chi connectivity index (χ0) is 16.8. The van der Waals surface area contributed by atoms with E-state index in [1.165, 1.54) is 12.3 Å². The average Bonchev–Trinajstić information content (AvgIpc) is 2.52. The monoisotopic (exact) mass is 347 g/mol. The molecule has 0 fully saturated rings.